The number of para-hydroxylation sites is 1. The number of nitrogens with one attached hydrogen (secondary N) is 1. The SMILES string of the molecule is Cc1cc(Nc2c(C(=O)N3CCCC3CO)sc3c2ccc(=O)n3-c2ccccc2Cl)ccc1F. The van der Waals surface area contributed by atoms with Gasteiger partial charge in [-0.05, 0) is 61.7 Å². The number of aromatic nitrogens is 1. The van der Waals surface area contributed by atoms with E-state index in [1.807, 2.05) is 0 Å². The molecule has 0 radical (unpaired) electrons. The van der Waals surface area contributed by atoms with Crippen LogP contribution in [0.5, 0.6) is 0 Å². The molecular weight excluding hydrogens is 489 g/mol. The molecule has 2 N–H and O–H groups in total. The molecule has 4 aromatic rings. The van der Waals surface area contributed by atoms with Crippen LogP contribution in [0.4, 0.5) is 15.8 Å². The lowest BCUT2D eigenvalue weighted by Crippen LogP contribution is -2.37. The molecule has 0 bridgehead atoms. The van der Waals surface area contributed by atoms with E-state index < -0.39 is 0 Å². The number of amides is 1. The Morgan fingerprint density at radius 3 is 2.77 bits per heavy atom. The number of anilines is 2. The predicted molar refractivity (Wildman–Crippen MR) is 138 cm³/mol. The largest absolute Gasteiger partial charge is 0.394 e. The molecule has 1 fully saturated rings. The second-order valence-corrected chi connectivity index (χ2v) is 9.96. The third kappa shape index (κ3) is 4.22. The maximum Gasteiger partial charge on any atom is 0.266 e. The Morgan fingerprint density at radius 1 is 1.23 bits per heavy atom. The van der Waals surface area contributed by atoms with Crippen molar-refractivity contribution in [3.8, 4) is 5.69 Å². The normalized spacial score (nSPS) is 15.7. The Kier molecular flexibility index (Phi) is 6.35. The number of aliphatic hydroxyl groups is 1. The van der Waals surface area contributed by atoms with Crippen LogP contribution in [-0.4, -0.2) is 39.7 Å². The van der Waals surface area contributed by atoms with Crippen molar-refractivity contribution in [3.05, 3.63) is 86.2 Å². The van der Waals surface area contributed by atoms with Crippen molar-refractivity contribution >= 4 is 50.4 Å². The molecule has 9 heteroatoms. The second kappa shape index (κ2) is 9.45. The van der Waals surface area contributed by atoms with Gasteiger partial charge in [0.15, 0.2) is 0 Å². The average molecular weight is 512 g/mol. The Morgan fingerprint density at radius 2 is 2.03 bits per heavy atom. The first-order chi connectivity index (χ1) is 16.9. The van der Waals surface area contributed by atoms with Crippen molar-refractivity contribution in [2.45, 2.75) is 25.8 Å². The fourth-order valence-corrected chi connectivity index (χ4v) is 5.95. The van der Waals surface area contributed by atoms with Gasteiger partial charge in [-0.1, -0.05) is 23.7 Å². The van der Waals surface area contributed by atoms with Crippen LogP contribution in [0.3, 0.4) is 0 Å². The number of aliphatic hydroxyl groups excluding tert-OH is 1. The van der Waals surface area contributed by atoms with Crippen molar-refractivity contribution in [2.75, 3.05) is 18.5 Å². The van der Waals surface area contributed by atoms with Gasteiger partial charge in [0, 0.05) is 23.7 Å². The van der Waals surface area contributed by atoms with Crippen molar-refractivity contribution in [3.63, 3.8) is 0 Å². The summed E-state index contributed by atoms with van der Waals surface area (Å²) in [6.07, 6.45) is 1.55. The van der Waals surface area contributed by atoms with Crippen LogP contribution in [-0.2, 0) is 0 Å². The Balaban J connectivity index is 1.73. The molecule has 1 saturated heterocycles. The van der Waals surface area contributed by atoms with E-state index in [9.17, 15) is 19.1 Å². The van der Waals surface area contributed by atoms with Crippen molar-refractivity contribution in [2.24, 2.45) is 0 Å². The van der Waals surface area contributed by atoms with Crippen molar-refractivity contribution in [1.82, 2.24) is 9.47 Å². The van der Waals surface area contributed by atoms with Gasteiger partial charge < -0.3 is 15.3 Å². The highest BCUT2D eigenvalue weighted by molar-refractivity contribution is 7.21. The summed E-state index contributed by atoms with van der Waals surface area (Å²) in [5.41, 5.74) is 1.86. The maximum absolute atomic E-state index is 13.9. The number of benzene rings is 2. The minimum atomic E-state index is -0.322. The minimum Gasteiger partial charge on any atom is -0.394 e. The van der Waals surface area contributed by atoms with E-state index in [4.69, 9.17) is 11.6 Å². The molecule has 35 heavy (non-hydrogen) atoms. The zero-order valence-corrected chi connectivity index (χ0v) is 20.5. The maximum atomic E-state index is 13.9. The Labute approximate surface area is 210 Å². The summed E-state index contributed by atoms with van der Waals surface area (Å²) >= 11 is 7.63. The van der Waals surface area contributed by atoms with Gasteiger partial charge in [-0.2, -0.15) is 0 Å². The van der Waals surface area contributed by atoms with Gasteiger partial charge in [-0.3, -0.25) is 14.2 Å². The quantitative estimate of drug-likeness (QED) is 0.371. The van der Waals surface area contributed by atoms with Crippen LogP contribution in [0, 0.1) is 12.7 Å². The highest BCUT2D eigenvalue weighted by atomic mass is 35.5. The number of hydrogen-bond acceptors (Lipinski definition) is 5. The second-order valence-electron chi connectivity index (χ2n) is 8.55. The molecule has 5 rings (SSSR count). The van der Waals surface area contributed by atoms with E-state index in [1.54, 1.807) is 54.3 Å². The number of rotatable bonds is 5. The summed E-state index contributed by atoms with van der Waals surface area (Å²) in [7, 11) is 0. The molecule has 6 nitrogen and oxygen atoms in total. The number of aryl methyl sites for hydroxylation is 1. The lowest BCUT2D eigenvalue weighted by Gasteiger charge is -2.23. The number of halogens is 2. The zero-order chi connectivity index (χ0) is 24.7. The fraction of sp³-hybridized carbons (Fsp3) is 0.231. The number of fused-ring (bicyclic) bond motifs is 1. The van der Waals surface area contributed by atoms with Gasteiger partial charge in [0.05, 0.1) is 29.0 Å². The number of nitrogens with zero attached hydrogens (tertiary/aromatic N) is 2. The molecule has 1 atom stereocenters. The molecular formula is C26H23ClFN3O3S. The van der Waals surface area contributed by atoms with E-state index in [0.717, 1.165) is 12.8 Å². The number of carbonyl (C=O) groups is 1. The smallest absolute Gasteiger partial charge is 0.266 e. The zero-order valence-electron chi connectivity index (χ0n) is 18.9. The van der Waals surface area contributed by atoms with Crippen LogP contribution in [0.25, 0.3) is 15.9 Å². The molecule has 1 amide bonds. The number of likely N-dealkylation sites (tertiary alicyclic amines) is 1. The average Bonchev–Trinajstić information content (AvgIpc) is 3.47. The molecule has 0 saturated carbocycles. The van der Waals surface area contributed by atoms with Gasteiger partial charge >= 0.3 is 0 Å². The molecule has 1 unspecified atom stereocenters. The highest BCUT2D eigenvalue weighted by Gasteiger charge is 2.32. The van der Waals surface area contributed by atoms with Gasteiger partial charge in [0.2, 0.25) is 0 Å². The van der Waals surface area contributed by atoms with Crippen molar-refractivity contribution in [1.29, 1.82) is 0 Å². The third-order valence-electron chi connectivity index (χ3n) is 6.31. The van der Waals surface area contributed by atoms with Crippen molar-refractivity contribution < 1.29 is 14.3 Å². The lowest BCUT2D eigenvalue weighted by molar-refractivity contribution is 0.0683. The third-order valence-corrected chi connectivity index (χ3v) is 7.80. The summed E-state index contributed by atoms with van der Waals surface area (Å²) in [6.45, 7) is 2.11. The van der Waals surface area contributed by atoms with E-state index in [1.165, 1.54) is 28.0 Å². The fourth-order valence-electron chi connectivity index (χ4n) is 4.51. The molecule has 180 valence electrons. The molecule has 0 spiro atoms. The molecule has 1 aliphatic heterocycles. The predicted octanol–water partition coefficient (Wildman–Crippen LogP) is 5.49. The molecule has 0 aliphatic carbocycles. The monoisotopic (exact) mass is 511 g/mol. The number of carbonyl (C=O) groups excluding carboxylic acids is 1. The van der Waals surface area contributed by atoms with Crippen LogP contribution in [0.15, 0.2) is 59.4 Å². The summed E-state index contributed by atoms with van der Waals surface area (Å²) in [6, 6.07) is 14.6. The first-order valence-electron chi connectivity index (χ1n) is 11.3. The van der Waals surface area contributed by atoms with Gasteiger partial charge in [0.1, 0.15) is 15.5 Å². The first-order valence-corrected chi connectivity index (χ1v) is 12.5. The van der Waals surface area contributed by atoms with Gasteiger partial charge in [0.25, 0.3) is 11.5 Å². The van der Waals surface area contributed by atoms with E-state index in [2.05, 4.69) is 5.32 Å². The first kappa shape index (κ1) is 23.5. The molecule has 1 aliphatic rings. The van der Waals surface area contributed by atoms with E-state index >= 15 is 0 Å². The summed E-state index contributed by atoms with van der Waals surface area (Å²) in [4.78, 5) is 29.4. The number of thiophene rings is 1. The van der Waals surface area contributed by atoms with Gasteiger partial charge in [-0.25, -0.2) is 4.39 Å². The van der Waals surface area contributed by atoms with Crippen LogP contribution in [0.2, 0.25) is 5.02 Å². The Hall–Kier alpha value is -3.20. The summed E-state index contributed by atoms with van der Waals surface area (Å²) in [5, 5.41) is 14.2. The lowest BCUT2D eigenvalue weighted by atomic mass is 10.1. The standard InChI is InChI=1S/C26H23ClFN3O3S/c1-15-13-16(8-10-20(15)28)29-23-18-9-11-22(33)31(21-7-3-2-6-19(21)27)26(18)35-24(23)25(34)30-12-4-5-17(30)14-32/h2-3,6-11,13,17,29,32H,4-5,12,14H2,1H3. The Bertz CT molecular complexity index is 1500. The summed E-state index contributed by atoms with van der Waals surface area (Å²) in [5.74, 6) is -0.542. The number of hydrogen-bond donors (Lipinski definition) is 2. The molecule has 3 heterocycles. The summed E-state index contributed by atoms with van der Waals surface area (Å²) < 4.78 is 15.4. The minimum absolute atomic E-state index is 0.110. The van der Waals surface area contributed by atoms with E-state index in [-0.39, 0.29) is 29.9 Å². The van der Waals surface area contributed by atoms with E-state index in [0.29, 0.717) is 49.3 Å². The highest BCUT2D eigenvalue weighted by Crippen LogP contribution is 2.40. The molecule has 2 aromatic carbocycles. The van der Waals surface area contributed by atoms with Crippen LogP contribution < -0.4 is 10.9 Å². The topological polar surface area (TPSA) is 74.6 Å². The molecule has 2 aromatic heterocycles. The number of pyridine rings is 1. The van der Waals surface area contributed by atoms with Crippen LogP contribution >= 0.6 is 22.9 Å². The van der Waals surface area contributed by atoms with Gasteiger partial charge in [-0.15, -0.1) is 11.3 Å². The van der Waals surface area contributed by atoms with Crippen LogP contribution in [0.1, 0.15) is 28.1 Å².